The van der Waals surface area contributed by atoms with E-state index in [9.17, 15) is 32.3 Å². The van der Waals surface area contributed by atoms with Crippen LogP contribution in [0.25, 0.3) is 0 Å². The van der Waals surface area contributed by atoms with Crippen molar-refractivity contribution in [1.82, 2.24) is 9.97 Å². The molecule has 1 aliphatic carbocycles. The molecule has 0 amide bonds. The van der Waals surface area contributed by atoms with Gasteiger partial charge in [0.25, 0.3) is 5.92 Å². The molecule has 2 aromatic rings. The van der Waals surface area contributed by atoms with Crippen molar-refractivity contribution in [2.24, 2.45) is 11.3 Å². The maximum Gasteiger partial charge on any atom is 0.421 e. The molecule has 0 aromatic carbocycles. The highest BCUT2D eigenvalue weighted by Crippen LogP contribution is 2.48. The molecule has 176 valence electrons. The van der Waals surface area contributed by atoms with Gasteiger partial charge in [-0.15, -0.1) is 0 Å². The molecule has 2 atom stereocenters. The Morgan fingerprint density at radius 3 is 2.47 bits per heavy atom. The van der Waals surface area contributed by atoms with Gasteiger partial charge in [-0.25, -0.2) is 18.7 Å². The van der Waals surface area contributed by atoms with E-state index in [1.807, 2.05) is 13.8 Å². The molecule has 0 unspecified atom stereocenters. The molecule has 1 aliphatic rings. The first-order chi connectivity index (χ1) is 14.7. The lowest BCUT2D eigenvalue weighted by Gasteiger charge is -2.52. The number of aryl methyl sites for hydroxylation is 2. The van der Waals surface area contributed by atoms with Crippen LogP contribution in [0.5, 0.6) is 0 Å². The summed E-state index contributed by atoms with van der Waals surface area (Å²) in [5, 5.41) is 23.8. The lowest BCUT2D eigenvalue weighted by Crippen LogP contribution is -2.55. The summed E-state index contributed by atoms with van der Waals surface area (Å²) < 4.78 is 68.5. The van der Waals surface area contributed by atoms with E-state index in [0.717, 1.165) is 18.5 Å². The number of rotatable bonds is 7. The molecule has 0 saturated heterocycles. The Hall–Kier alpha value is -2.56. The Labute approximate surface area is 182 Å². The average Bonchev–Trinajstić information content (AvgIpc) is 2.67. The molecule has 1 saturated carbocycles. The van der Waals surface area contributed by atoms with Gasteiger partial charge in [0.2, 0.25) is 0 Å². The lowest BCUT2D eigenvalue weighted by atomic mass is 9.59. The molecule has 2 heterocycles. The minimum absolute atomic E-state index is 0.0306. The third kappa shape index (κ3) is 4.92. The highest BCUT2D eigenvalue weighted by Gasteiger charge is 2.48. The number of hydrogen-bond donors (Lipinski definition) is 2. The smallest absolute Gasteiger partial charge is 0.421 e. The summed E-state index contributed by atoms with van der Waals surface area (Å²) in [6, 6.07) is 0.696. The summed E-state index contributed by atoms with van der Waals surface area (Å²) in [7, 11) is 0. The van der Waals surface area contributed by atoms with Crippen molar-refractivity contribution in [2.75, 3.05) is 11.9 Å². The predicted molar refractivity (Wildman–Crippen MR) is 106 cm³/mol. The molecular formula is C21H25F5N4O2. The Bertz CT molecular complexity index is 976. The molecule has 0 radical (unpaired) electrons. The Morgan fingerprint density at radius 1 is 1.22 bits per heavy atom. The minimum atomic E-state index is -4.68. The van der Waals surface area contributed by atoms with Gasteiger partial charge in [-0.05, 0) is 24.2 Å². The van der Waals surface area contributed by atoms with Crippen LogP contribution in [0.2, 0.25) is 0 Å². The number of anilines is 1. The van der Waals surface area contributed by atoms with E-state index >= 15 is 0 Å². The van der Waals surface area contributed by atoms with Crippen molar-refractivity contribution in [3.05, 3.63) is 52.4 Å². The largest absolute Gasteiger partial charge is 0.619 e. The zero-order chi connectivity index (χ0) is 23.9. The summed E-state index contributed by atoms with van der Waals surface area (Å²) in [5.41, 5.74) is -1.72. The van der Waals surface area contributed by atoms with Gasteiger partial charge in [0.05, 0.1) is 0 Å². The monoisotopic (exact) mass is 460 g/mol. The van der Waals surface area contributed by atoms with Gasteiger partial charge in [-0.3, -0.25) is 0 Å². The van der Waals surface area contributed by atoms with Gasteiger partial charge < -0.3 is 15.6 Å². The Morgan fingerprint density at radius 2 is 1.91 bits per heavy atom. The highest BCUT2D eigenvalue weighted by atomic mass is 19.4. The minimum Gasteiger partial charge on any atom is -0.619 e. The molecule has 11 heteroatoms. The maximum absolute atomic E-state index is 13.8. The topological polar surface area (TPSA) is 85.0 Å². The van der Waals surface area contributed by atoms with Crippen LogP contribution >= 0.6 is 0 Å². The number of pyridine rings is 1. The summed E-state index contributed by atoms with van der Waals surface area (Å²) in [4.78, 5) is 7.80. The van der Waals surface area contributed by atoms with Gasteiger partial charge in [0.1, 0.15) is 17.2 Å². The normalized spacial score (nSPS) is 20.7. The van der Waals surface area contributed by atoms with Gasteiger partial charge in [-0.2, -0.15) is 17.9 Å². The van der Waals surface area contributed by atoms with Crippen LogP contribution in [0, 0.1) is 16.5 Å². The van der Waals surface area contributed by atoms with Crippen molar-refractivity contribution in [1.29, 1.82) is 0 Å². The average molecular weight is 460 g/mol. The second-order valence-electron chi connectivity index (χ2n) is 8.81. The summed E-state index contributed by atoms with van der Waals surface area (Å²) in [6.07, 6.45) is -1.62. The predicted octanol–water partition coefficient (Wildman–Crippen LogP) is 3.84. The number of nitrogens with one attached hydrogen (secondary N) is 1. The zero-order valence-electron chi connectivity index (χ0n) is 17.9. The van der Waals surface area contributed by atoms with E-state index in [4.69, 9.17) is 0 Å². The highest BCUT2D eigenvalue weighted by molar-refractivity contribution is 5.47. The molecule has 2 N–H and O–H groups in total. The van der Waals surface area contributed by atoms with Crippen molar-refractivity contribution >= 4 is 5.82 Å². The van der Waals surface area contributed by atoms with E-state index in [0.29, 0.717) is 24.3 Å². The fourth-order valence-electron chi connectivity index (χ4n) is 3.99. The number of halogens is 5. The maximum atomic E-state index is 13.8. The standard InChI is InChI=1S/C21H25F5N4O2/c1-19(2)13(11-31)8-16(19)28-18-15(21(24,25)26)9-27-17(29-18)5-4-12-10-30(32)7-6-14(12)20(3,22)23/h6-7,9-10,13,16,31H,4-5,8,11H2,1-3H3,(H,27,28,29)/t13-,16-/m0/s1. The van der Waals surface area contributed by atoms with Crippen LogP contribution in [0.3, 0.4) is 0 Å². The third-order valence-electron chi connectivity index (χ3n) is 6.25. The second kappa shape index (κ2) is 8.42. The van der Waals surface area contributed by atoms with Crippen molar-refractivity contribution in [3.63, 3.8) is 0 Å². The summed E-state index contributed by atoms with van der Waals surface area (Å²) >= 11 is 0. The molecule has 1 fully saturated rings. The van der Waals surface area contributed by atoms with Gasteiger partial charge in [0.15, 0.2) is 12.4 Å². The van der Waals surface area contributed by atoms with E-state index < -0.39 is 23.1 Å². The first kappa shape index (κ1) is 24.1. The number of aliphatic hydroxyl groups is 1. The van der Waals surface area contributed by atoms with Crippen LogP contribution in [-0.2, 0) is 24.9 Å². The van der Waals surface area contributed by atoms with Crippen LogP contribution in [0.1, 0.15) is 49.7 Å². The Kier molecular flexibility index (Phi) is 6.34. The van der Waals surface area contributed by atoms with Gasteiger partial charge in [0, 0.05) is 49.4 Å². The van der Waals surface area contributed by atoms with E-state index in [2.05, 4.69) is 15.3 Å². The number of nitrogens with zero attached hydrogens (tertiary/aromatic N) is 3. The van der Waals surface area contributed by atoms with Crippen LogP contribution < -0.4 is 10.0 Å². The first-order valence-electron chi connectivity index (χ1n) is 10.1. The number of aliphatic hydroxyl groups excluding tert-OH is 1. The Balaban J connectivity index is 1.85. The van der Waals surface area contributed by atoms with Crippen molar-refractivity contribution in [2.45, 2.75) is 58.2 Å². The quantitative estimate of drug-likeness (QED) is 0.373. The molecular weight excluding hydrogens is 435 g/mol. The number of alkyl halides is 5. The molecule has 0 bridgehead atoms. The number of hydrogen-bond acceptors (Lipinski definition) is 5. The third-order valence-corrected chi connectivity index (χ3v) is 6.25. The molecule has 3 rings (SSSR count). The van der Waals surface area contributed by atoms with E-state index in [1.54, 1.807) is 0 Å². The lowest BCUT2D eigenvalue weighted by molar-refractivity contribution is -0.606. The first-order valence-corrected chi connectivity index (χ1v) is 10.1. The van der Waals surface area contributed by atoms with Crippen molar-refractivity contribution in [3.8, 4) is 0 Å². The fourth-order valence-corrected chi connectivity index (χ4v) is 3.99. The van der Waals surface area contributed by atoms with Gasteiger partial charge in [-0.1, -0.05) is 13.8 Å². The van der Waals surface area contributed by atoms with Crippen LogP contribution in [0.4, 0.5) is 27.8 Å². The van der Waals surface area contributed by atoms with E-state index in [-0.39, 0.29) is 54.2 Å². The molecule has 6 nitrogen and oxygen atoms in total. The molecule has 2 aromatic heterocycles. The molecule has 32 heavy (non-hydrogen) atoms. The molecule has 0 aliphatic heterocycles. The summed E-state index contributed by atoms with van der Waals surface area (Å²) in [6.45, 7) is 4.35. The summed E-state index contributed by atoms with van der Waals surface area (Å²) in [5.74, 6) is -3.58. The SMILES string of the molecule is CC(F)(F)c1cc[n+]([O-])cc1CCc1ncc(C(F)(F)F)c(N[C@H]2C[C@@H](CO)C2(C)C)n1. The zero-order valence-corrected chi connectivity index (χ0v) is 17.9. The fraction of sp³-hybridized carbons (Fsp3) is 0.571. The number of aromatic nitrogens is 3. The van der Waals surface area contributed by atoms with Gasteiger partial charge >= 0.3 is 6.18 Å². The van der Waals surface area contributed by atoms with Crippen LogP contribution in [-0.4, -0.2) is 27.7 Å². The van der Waals surface area contributed by atoms with Crippen molar-refractivity contribution < 1.29 is 31.8 Å². The van der Waals surface area contributed by atoms with E-state index in [1.165, 1.54) is 0 Å². The molecule has 0 spiro atoms. The second-order valence-corrected chi connectivity index (χ2v) is 8.81. The van der Waals surface area contributed by atoms with Crippen LogP contribution in [0.15, 0.2) is 24.7 Å².